The summed E-state index contributed by atoms with van der Waals surface area (Å²) in [7, 11) is 0. The van der Waals surface area contributed by atoms with E-state index in [-0.39, 0.29) is 17.5 Å². The summed E-state index contributed by atoms with van der Waals surface area (Å²) < 4.78 is 14.0. The Morgan fingerprint density at radius 3 is 2.47 bits per heavy atom. The van der Waals surface area contributed by atoms with Gasteiger partial charge >= 0.3 is 0 Å². The molecule has 30 heavy (non-hydrogen) atoms. The molecule has 1 aliphatic heterocycles. The monoisotopic (exact) mass is 418 g/mol. The molecule has 0 saturated heterocycles. The molecule has 5 rings (SSSR count). The molecule has 3 aromatic rings. The van der Waals surface area contributed by atoms with E-state index in [1.54, 1.807) is 6.07 Å². The van der Waals surface area contributed by atoms with Crippen LogP contribution in [0, 0.1) is 5.82 Å². The molecular weight excluding hydrogens is 399 g/mol. The zero-order valence-electron chi connectivity index (χ0n) is 16.2. The van der Waals surface area contributed by atoms with Crippen molar-refractivity contribution in [2.45, 2.75) is 24.8 Å². The maximum Gasteiger partial charge on any atom is 0.163 e. The van der Waals surface area contributed by atoms with Gasteiger partial charge in [0.1, 0.15) is 5.82 Å². The first-order chi connectivity index (χ1) is 14.6. The number of para-hydroxylation sites is 2. The number of nitrogens with one attached hydrogen (secondary N) is 2. The van der Waals surface area contributed by atoms with Gasteiger partial charge in [-0.1, -0.05) is 54.1 Å². The van der Waals surface area contributed by atoms with Crippen molar-refractivity contribution in [3.8, 4) is 0 Å². The van der Waals surface area contributed by atoms with E-state index >= 15 is 0 Å². The van der Waals surface area contributed by atoms with E-state index in [4.69, 9.17) is 11.6 Å². The van der Waals surface area contributed by atoms with E-state index in [0.717, 1.165) is 28.2 Å². The lowest BCUT2D eigenvalue weighted by atomic mass is 9.78. The SMILES string of the molecule is O=C1CC(c2ccccc2Cl)CC2=C1C(c1cccc(F)c1)Nc1ccccc1N2. The molecule has 3 aromatic carbocycles. The molecule has 0 radical (unpaired) electrons. The number of allylic oxidation sites excluding steroid dienone is 1. The van der Waals surface area contributed by atoms with Crippen molar-refractivity contribution >= 4 is 28.8 Å². The molecule has 5 heteroatoms. The predicted molar refractivity (Wildman–Crippen MR) is 118 cm³/mol. The van der Waals surface area contributed by atoms with Crippen LogP contribution in [0.2, 0.25) is 5.02 Å². The summed E-state index contributed by atoms with van der Waals surface area (Å²) in [6.07, 6.45) is 1.03. The second-order valence-corrected chi connectivity index (χ2v) is 8.15. The van der Waals surface area contributed by atoms with E-state index in [1.165, 1.54) is 12.1 Å². The van der Waals surface area contributed by atoms with E-state index in [2.05, 4.69) is 10.6 Å². The van der Waals surface area contributed by atoms with Gasteiger partial charge in [0.25, 0.3) is 0 Å². The van der Waals surface area contributed by atoms with E-state index < -0.39 is 6.04 Å². The molecular formula is C25H20ClFN2O. The summed E-state index contributed by atoms with van der Waals surface area (Å²) in [6, 6.07) is 21.5. The number of anilines is 2. The first kappa shape index (κ1) is 18.9. The lowest BCUT2D eigenvalue weighted by Crippen LogP contribution is -2.27. The number of carbonyl (C=O) groups excluding carboxylic acids is 1. The van der Waals surface area contributed by atoms with Crippen LogP contribution in [0.4, 0.5) is 15.8 Å². The lowest BCUT2D eigenvalue weighted by Gasteiger charge is -2.30. The van der Waals surface area contributed by atoms with Crippen LogP contribution in [0.15, 0.2) is 84.1 Å². The number of halogens is 2. The summed E-state index contributed by atoms with van der Waals surface area (Å²) in [6.45, 7) is 0. The Bertz CT molecular complexity index is 1170. The third kappa shape index (κ3) is 3.37. The third-order valence-electron chi connectivity index (χ3n) is 5.84. The normalized spacial score (nSPS) is 20.5. The first-order valence-electron chi connectivity index (χ1n) is 9.99. The van der Waals surface area contributed by atoms with Crippen LogP contribution in [0.3, 0.4) is 0 Å². The highest BCUT2D eigenvalue weighted by Crippen LogP contribution is 2.45. The zero-order valence-corrected chi connectivity index (χ0v) is 16.9. The van der Waals surface area contributed by atoms with Gasteiger partial charge in [-0.25, -0.2) is 4.39 Å². The fourth-order valence-electron chi connectivity index (χ4n) is 4.45. The van der Waals surface area contributed by atoms with E-state index in [1.807, 2.05) is 54.6 Å². The van der Waals surface area contributed by atoms with Gasteiger partial charge in [0.05, 0.1) is 17.4 Å². The number of rotatable bonds is 2. The number of hydrogen-bond acceptors (Lipinski definition) is 3. The summed E-state index contributed by atoms with van der Waals surface area (Å²) in [5.41, 5.74) is 5.02. The molecule has 2 unspecified atom stereocenters. The van der Waals surface area contributed by atoms with Gasteiger partial charge in [-0.3, -0.25) is 4.79 Å². The Labute approximate surface area is 179 Å². The molecule has 3 nitrogen and oxygen atoms in total. The molecule has 2 N–H and O–H groups in total. The van der Waals surface area contributed by atoms with Crippen LogP contribution in [-0.2, 0) is 4.79 Å². The average Bonchev–Trinajstić information content (AvgIpc) is 2.91. The Hall–Kier alpha value is -3.11. The molecule has 0 aromatic heterocycles. The molecule has 1 aliphatic carbocycles. The van der Waals surface area contributed by atoms with Gasteiger partial charge in [0.2, 0.25) is 0 Å². The van der Waals surface area contributed by atoms with Crippen molar-refractivity contribution < 1.29 is 9.18 Å². The van der Waals surface area contributed by atoms with Gasteiger partial charge < -0.3 is 10.6 Å². The van der Waals surface area contributed by atoms with E-state index in [9.17, 15) is 9.18 Å². The Morgan fingerprint density at radius 2 is 1.67 bits per heavy atom. The number of Topliss-reactive ketones (excluding diaryl/α,β-unsaturated/α-hetero) is 1. The van der Waals surface area contributed by atoms with Crippen LogP contribution >= 0.6 is 11.6 Å². The minimum Gasteiger partial charge on any atom is -0.372 e. The second kappa shape index (κ2) is 7.62. The third-order valence-corrected chi connectivity index (χ3v) is 6.18. The summed E-state index contributed by atoms with van der Waals surface area (Å²) >= 11 is 6.43. The summed E-state index contributed by atoms with van der Waals surface area (Å²) in [5.74, 6) is -0.279. The fraction of sp³-hybridized carbons (Fsp3) is 0.160. The molecule has 0 spiro atoms. The fourth-order valence-corrected chi connectivity index (χ4v) is 4.74. The summed E-state index contributed by atoms with van der Waals surface area (Å²) in [4.78, 5) is 13.4. The maximum atomic E-state index is 14.0. The molecule has 2 aliphatic rings. The topological polar surface area (TPSA) is 41.1 Å². The van der Waals surface area contributed by atoms with Gasteiger partial charge in [-0.2, -0.15) is 0 Å². The van der Waals surface area contributed by atoms with Crippen LogP contribution < -0.4 is 10.6 Å². The lowest BCUT2D eigenvalue weighted by molar-refractivity contribution is -0.116. The van der Waals surface area contributed by atoms with Crippen molar-refractivity contribution in [2.75, 3.05) is 10.6 Å². The minimum absolute atomic E-state index is 0.00382. The molecule has 0 saturated carbocycles. The van der Waals surface area contributed by atoms with Crippen molar-refractivity contribution in [3.05, 3.63) is 106 Å². The highest BCUT2D eigenvalue weighted by atomic mass is 35.5. The number of benzene rings is 3. The van der Waals surface area contributed by atoms with Crippen LogP contribution in [0.1, 0.15) is 35.9 Å². The zero-order chi connectivity index (χ0) is 20.7. The Kier molecular flexibility index (Phi) is 4.80. The number of ketones is 1. The smallest absolute Gasteiger partial charge is 0.163 e. The number of hydrogen-bond donors (Lipinski definition) is 2. The summed E-state index contributed by atoms with van der Waals surface area (Å²) in [5, 5.41) is 7.62. The van der Waals surface area contributed by atoms with Crippen molar-refractivity contribution in [1.82, 2.24) is 0 Å². The van der Waals surface area contributed by atoms with Crippen molar-refractivity contribution in [2.24, 2.45) is 0 Å². The molecule has 0 bridgehead atoms. The van der Waals surface area contributed by atoms with Crippen molar-refractivity contribution in [3.63, 3.8) is 0 Å². The predicted octanol–water partition coefficient (Wildman–Crippen LogP) is 6.46. The molecule has 150 valence electrons. The minimum atomic E-state index is -0.424. The average molecular weight is 419 g/mol. The first-order valence-corrected chi connectivity index (χ1v) is 10.4. The number of carbonyl (C=O) groups is 1. The van der Waals surface area contributed by atoms with Gasteiger partial charge in [0.15, 0.2) is 5.78 Å². The standard InChI is InChI=1S/C25H20ClFN2O/c26-19-9-2-1-8-18(19)16-13-22-24(23(30)14-16)25(15-6-5-7-17(27)12-15)29-21-11-4-3-10-20(21)28-22/h1-12,16,25,28-29H,13-14H2. The largest absolute Gasteiger partial charge is 0.372 e. The maximum absolute atomic E-state index is 14.0. The molecule has 0 amide bonds. The quantitative estimate of drug-likeness (QED) is 0.501. The highest BCUT2D eigenvalue weighted by Gasteiger charge is 2.36. The van der Waals surface area contributed by atoms with Crippen LogP contribution in [0.5, 0.6) is 0 Å². The van der Waals surface area contributed by atoms with Gasteiger partial charge in [-0.15, -0.1) is 0 Å². The van der Waals surface area contributed by atoms with Crippen LogP contribution in [-0.4, -0.2) is 5.78 Å². The Balaban J connectivity index is 1.63. The molecule has 1 heterocycles. The van der Waals surface area contributed by atoms with Gasteiger partial charge in [-0.05, 0) is 53.8 Å². The Morgan fingerprint density at radius 1 is 0.900 bits per heavy atom. The molecule has 0 fully saturated rings. The van der Waals surface area contributed by atoms with Crippen molar-refractivity contribution in [1.29, 1.82) is 0 Å². The van der Waals surface area contributed by atoms with E-state index in [0.29, 0.717) is 23.4 Å². The number of fused-ring (bicyclic) bond motifs is 1. The molecule has 2 atom stereocenters. The van der Waals surface area contributed by atoms with Gasteiger partial charge in [0, 0.05) is 22.7 Å². The highest BCUT2D eigenvalue weighted by molar-refractivity contribution is 6.31. The van der Waals surface area contributed by atoms with Crippen LogP contribution in [0.25, 0.3) is 0 Å². The second-order valence-electron chi connectivity index (χ2n) is 7.75.